The number of fused-ring (bicyclic) bond motifs is 1. The van der Waals surface area contributed by atoms with Crippen LogP contribution in [-0.4, -0.2) is 20.8 Å². The van der Waals surface area contributed by atoms with Gasteiger partial charge in [0.2, 0.25) is 5.89 Å². The van der Waals surface area contributed by atoms with Crippen LogP contribution in [0.2, 0.25) is 0 Å². The van der Waals surface area contributed by atoms with E-state index < -0.39 is 0 Å². The van der Waals surface area contributed by atoms with Crippen LogP contribution in [0.25, 0.3) is 11.1 Å². The second kappa shape index (κ2) is 5.46. The number of hydrogen-bond donors (Lipinski definition) is 1. The fourth-order valence-electron chi connectivity index (χ4n) is 2.17. The van der Waals surface area contributed by atoms with E-state index >= 15 is 0 Å². The molecule has 1 aromatic carbocycles. The third kappa shape index (κ3) is 2.88. The van der Waals surface area contributed by atoms with Crippen molar-refractivity contribution in [1.82, 2.24) is 20.1 Å². The van der Waals surface area contributed by atoms with Crippen LogP contribution < -0.4 is 5.32 Å². The first-order valence-corrected chi connectivity index (χ1v) is 6.77. The van der Waals surface area contributed by atoms with Gasteiger partial charge >= 0.3 is 0 Å². The molecule has 0 saturated carbocycles. The van der Waals surface area contributed by atoms with Gasteiger partial charge in [-0.05, 0) is 31.5 Å². The molecule has 5 heteroatoms. The minimum atomic E-state index is 0.296. The third-order valence-corrected chi connectivity index (χ3v) is 3.16. The summed E-state index contributed by atoms with van der Waals surface area (Å²) >= 11 is 0. The van der Waals surface area contributed by atoms with E-state index in [2.05, 4.69) is 22.3 Å². The molecule has 1 N–H and O–H groups in total. The highest BCUT2D eigenvalue weighted by Gasteiger charge is 2.08. The molecule has 2 aromatic heterocycles. The standard InChI is InChI=1S/C15H18N4O/c1-11-7-17-19(9-11)10-12(2)16-8-15-18-13-5-3-4-6-14(13)20-15/h3-7,9,12,16H,8,10H2,1-2H3/t12-/m0/s1. The number of nitrogens with one attached hydrogen (secondary N) is 1. The van der Waals surface area contributed by atoms with E-state index in [1.807, 2.05) is 48.3 Å². The summed E-state index contributed by atoms with van der Waals surface area (Å²) in [5, 5.41) is 7.68. The molecule has 3 rings (SSSR count). The van der Waals surface area contributed by atoms with Gasteiger partial charge < -0.3 is 9.73 Å². The van der Waals surface area contributed by atoms with Gasteiger partial charge in [-0.1, -0.05) is 12.1 Å². The molecular weight excluding hydrogens is 252 g/mol. The largest absolute Gasteiger partial charge is 0.439 e. The topological polar surface area (TPSA) is 55.9 Å². The number of oxazole rings is 1. The molecule has 0 bridgehead atoms. The van der Waals surface area contributed by atoms with Crippen molar-refractivity contribution in [3.63, 3.8) is 0 Å². The summed E-state index contributed by atoms with van der Waals surface area (Å²) in [7, 11) is 0. The molecule has 5 nitrogen and oxygen atoms in total. The van der Waals surface area contributed by atoms with Gasteiger partial charge in [0, 0.05) is 12.2 Å². The summed E-state index contributed by atoms with van der Waals surface area (Å²) in [6.07, 6.45) is 3.91. The summed E-state index contributed by atoms with van der Waals surface area (Å²) in [4.78, 5) is 4.44. The predicted octanol–water partition coefficient (Wildman–Crippen LogP) is 2.51. The molecule has 0 amide bonds. The maximum absolute atomic E-state index is 5.68. The summed E-state index contributed by atoms with van der Waals surface area (Å²) in [5.41, 5.74) is 2.91. The lowest BCUT2D eigenvalue weighted by molar-refractivity contribution is 0.416. The van der Waals surface area contributed by atoms with Gasteiger partial charge in [0.25, 0.3) is 0 Å². The first-order chi connectivity index (χ1) is 9.70. The number of hydrogen-bond acceptors (Lipinski definition) is 4. The van der Waals surface area contributed by atoms with E-state index in [0.717, 1.165) is 23.5 Å². The van der Waals surface area contributed by atoms with E-state index in [-0.39, 0.29) is 0 Å². The van der Waals surface area contributed by atoms with Crippen molar-refractivity contribution in [2.45, 2.75) is 33.0 Å². The van der Waals surface area contributed by atoms with E-state index in [4.69, 9.17) is 4.42 Å². The van der Waals surface area contributed by atoms with Crippen LogP contribution in [0, 0.1) is 6.92 Å². The molecule has 1 atom stereocenters. The highest BCUT2D eigenvalue weighted by atomic mass is 16.3. The Hall–Kier alpha value is -2.14. The number of aromatic nitrogens is 3. The molecule has 0 aliphatic heterocycles. The van der Waals surface area contributed by atoms with Crippen molar-refractivity contribution in [1.29, 1.82) is 0 Å². The predicted molar refractivity (Wildman–Crippen MR) is 77.3 cm³/mol. The summed E-state index contributed by atoms with van der Waals surface area (Å²) in [6.45, 7) is 5.61. The van der Waals surface area contributed by atoms with Gasteiger partial charge in [0.05, 0.1) is 19.3 Å². The molecule has 0 fully saturated rings. The number of rotatable bonds is 5. The first kappa shape index (κ1) is 12.9. The van der Waals surface area contributed by atoms with Crippen LogP contribution in [0.5, 0.6) is 0 Å². The van der Waals surface area contributed by atoms with Crippen molar-refractivity contribution in [2.24, 2.45) is 0 Å². The highest BCUT2D eigenvalue weighted by Crippen LogP contribution is 2.14. The van der Waals surface area contributed by atoms with Crippen LogP contribution in [0.15, 0.2) is 41.1 Å². The molecule has 0 spiro atoms. The summed E-state index contributed by atoms with van der Waals surface area (Å²) in [5.74, 6) is 0.717. The monoisotopic (exact) mass is 270 g/mol. The average Bonchev–Trinajstić information content (AvgIpc) is 3.02. The molecule has 0 aliphatic rings. The van der Waals surface area contributed by atoms with E-state index in [0.29, 0.717) is 12.6 Å². The van der Waals surface area contributed by atoms with Crippen LogP contribution in [0.4, 0.5) is 0 Å². The van der Waals surface area contributed by atoms with Crippen LogP contribution in [-0.2, 0) is 13.1 Å². The fourth-order valence-corrected chi connectivity index (χ4v) is 2.17. The number of nitrogens with zero attached hydrogens (tertiary/aromatic N) is 3. The van der Waals surface area contributed by atoms with Crippen LogP contribution >= 0.6 is 0 Å². The Balaban J connectivity index is 1.58. The third-order valence-electron chi connectivity index (χ3n) is 3.16. The van der Waals surface area contributed by atoms with E-state index in [9.17, 15) is 0 Å². The van der Waals surface area contributed by atoms with Crippen molar-refractivity contribution >= 4 is 11.1 Å². The van der Waals surface area contributed by atoms with Gasteiger partial charge in [-0.2, -0.15) is 5.10 Å². The highest BCUT2D eigenvalue weighted by molar-refractivity contribution is 5.72. The molecule has 0 aliphatic carbocycles. The Labute approximate surface area is 117 Å². The van der Waals surface area contributed by atoms with Gasteiger partial charge in [-0.25, -0.2) is 4.98 Å². The first-order valence-electron chi connectivity index (χ1n) is 6.77. The Bertz CT molecular complexity index is 668. The Morgan fingerprint density at radius 2 is 2.20 bits per heavy atom. The SMILES string of the molecule is Cc1cnn(C[C@H](C)NCc2nc3ccccc3o2)c1. The average molecular weight is 270 g/mol. The maximum Gasteiger partial charge on any atom is 0.209 e. The van der Waals surface area contributed by atoms with Gasteiger partial charge in [-0.3, -0.25) is 4.68 Å². The molecule has 104 valence electrons. The Kier molecular flexibility index (Phi) is 3.52. The minimum Gasteiger partial charge on any atom is -0.439 e. The maximum atomic E-state index is 5.68. The lowest BCUT2D eigenvalue weighted by Gasteiger charge is -2.12. The number of benzene rings is 1. The van der Waals surface area contributed by atoms with E-state index in [1.54, 1.807) is 0 Å². The second-order valence-corrected chi connectivity index (χ2v) is 5.10. The van der Waals surface area contributed by atoms with Gasteiger partial charge in [0.1, 0.15) is 5.52 Å². The minimum absolute atomic E-state index is 0.296. The van der Waals surface area contributed by atoms with Crippen molar-refractivity contribution in [2.75, 3.05) is 0 Å². The van der Waals surface area contributed by atoms with E-state index in [1.165, 1.54) is 5.56 Å². The number of aryl methyl sites for hydroxylation is 1. The van der Waals surface area contributed by atoms with Crippen LogP contribution in [0.1, 0.15) is 18.4 Å². The molecule has 2 heterocycles. The lowest BCUT2D eigenvalue weighted by atomic mass is 10.3. The molecule has 0 saturated heterocycles. The van der Waals surface area contributed by atoms with Gasteiger partial charge in [-0.15, -0.1) is 0 Å². The zero-order valence-electron chi connectivity index (χ0n) is 11.7. The zero-order chi connectivity index (χ0) is 13.9. The zero-order valence-corrected chi connectivity index (χ0v) is 11.7. The van der Waals surface area contributed by atoms with Crippen LogP contribution in [0.3, 0.4) is 0 Å². The smallest absolute Gasteiger partial charge is 0.209 e. The fraction of sp³-hybridized carbons (Fsp3) is 0.333. The Morgan fingerprint density at radius 3 is 2.95 bits per heavy atom. The molecular formula is C15H18N4O. The van der Waals surface area contributed by atoms with Crippen molar-refractivity contribution < 1.29 is 4.42 Å². The van der Waals surface area contributed by atoms with Gasteiger partial charge in [0.15, 0.2) is 5.58 Å². The molecule has 0 radical (unpaired) electrons. The summed E-state index contributed by atoms with van der Waals surface area (Å²) < 4.78 is 7.62. The van der Waals surface area contributed by atoms with Crippen molar-refractivity contribution in [3.8, 4) is 0 Å². The Morgan fingerprint density at radius 1 is 1.35 bits per heavy atom. The quantitative estimate of drug-likeness (QED) is 0.774. The lowest BCUT2D eigenvalue weighted by Crippen LogP contribution is -2.30. The molecule has 20 heavy (non-hydrogen) atoms. The molecule has 3 aromatic rings. The normalized spacial score (nSPS) is 12.9. The molecule has 0 unspecified atom stereocenters. The number of para-hydroxylation sites is 2. The second-order valence-electron chi connectivity index (χ2n) is 5.10. The van der Waals surface area contributed by atoms with Crippen molar-refractivity contribution in [3.05, 3.63) is 48.1 Å². The summed E-state index contributed by atoms with van der Waals surface area (Å²) in [6, 6.07) is 8.10.